The highest BCUT2D eigenvalue weighted by Crippen LogP contribution is 2.25. The number of hydrogen-bond donors (Lipinski definition) is 0. The van der Waals surface area contributed by atoms with Gasteiger partial charge in [-0.25, -0.2) is 8.78 Å². The van der Waals surface area contributed by atoms with Gasteiger partial charge in [-0.05, 0) is 36.8 Å². The van der Waals surface area contributed by atoms with E-state index in [2.05, 4.69) is 0 Å². The number of benzene rings is 2. The molecule has 1 fully saturated rings. The summed E-state index contributed by atoms with van der Waals surface area (Å²) < 4.78 is 37.9. The molecule has 1 aliphatic heterocycles. The normalized spacial score (nSPS) is 16.2. The lowest BCUT2D eigenvalue weighted by atomic mass is 10.1. The zero-order valence-corrected chi connectivity index (χ0v) is 16.3. The molecule has 2 aromatic carbocycles. The molecule has 154 valence electrons. The van der Waals surface area contributed by atoms with Gasteiger partial charge in [-0.3, -0.25) is 9.59 Å². The molecule has 2 aromatic rings. The molecule has 0 aliphatic carbocycles. The van der Waals surface area contributed by atoms with E-state index in [0.717, 1.165) is 6.07 Å². The molecule has 5 nitrogen and oxygen atoms in total. The summed E-state index contributed by atoms with van der Waals surface area (Å²) in [5.74, 6) is -2.01. The Bertz CT molecular complexity index is 875. The molecule has 29 heavy (non-hydrogen) atoms. The van der Waals surface area contributed by atoms with E-state index in [1.54, 1.807) is 24.3 Å². The molecule has 0 bridgehead atoms. The van der Waals surface area contributed by atoms with Crippen molar-refractivity contribution < 1.29 is 27.8 Å². The van der Waals surface area contributed by atoms with Crippen molar-refractivity contribution in [2.45, 2.75) is 31.8 Å². The van der Waals surface area contributed by atoms with Crippen molar-refractivity contribution in [3.8, 4) is 5.75 Å². The number of hydrogen-bond acceptors (Lipinski definition) is 4. The van der Waals surface area contributed by atoms with Crippen molar-refractivity contribution in [1.82, 2.24) is 4.90 Å². The zero-order chi connectivity index (χ0) is 20.8. The van der Waals surface area contributed by atoms with Crippen LogP contribution in [0.2, 0.25) is 5.02 Å². The molecule has 1 aliphatic rings. The molecule has 0 radical (unpaired) electrons. The van der Waals surface area contributed by atoms with Crippen LogP contribution in [-0.4, -0.2) is 36.0 Å². The van der Waals surface area contributed by atoms with Gasteiger partial charge in [0.05, 0.1) is 6.42 Å². The fourth-order valence-electron chi connectivity index (χ4n) is 3.17. The van der Waals surface area contributed by atoms with Gasteiger partial charge in [-0.1, -0.05) is 23.7 Å². The first-order chi connectivity index (χ1) is 13.9. The number of halogens is 3. The number of carbonyl (C=O) groups is 2. The minimum atomic E-state index is -0.979. The summed E-state index contributed by atoms with van der Waals surface area (Å²) in [5, 5.41) is 0.595. The summed E-state index contributed by atoms with van der Waals surface area (Å²) >= 11 is 5.79. The summed E-state index contributed by atoms with van der Waals surface area (Å²) in [6.45, 7) is 0.149. The summed E-state index contributed by atoms with van der Waals surface area (Å²) in [7, 11) is 0. The van der Waals surface area contributed by atoms with Gasteiger partial charge < -0.3 is 14.4 Å². The van der Waals surface area contributed by atoms with Crippen LogP contribution in [0.1, 0.15) is 24.8 Å². The molecule has 0 aromatic heterocycles. The van der Waals surface area contributed by atoms with Gasteiger partial charge in [-0.2, -0.15) is 0 Å². The molecular formula is C21H20ClF2NO4. The highest BCUT2D eigenvalue weighted by atomic mass is 35.5. The standard InChI is InChI=1S/C21H20ClF2NO4/c22-15-4-7-17(8-5-15)28-10-11-29-20(27)12-16-6-9-19(26)25(16)13-14-2-1-3-18(23)21(14)24/h1-5,7-8,16H,6,9-13H2. The second kappa shape index (κ2) is 9.69. The number of carbonyl (C=O) groups excluding carboxylic acids is 2. The number of amides is 1. The third kappa shape index (κ3) is 5.67. The molecule has 0 spiro atoms. The topological polar surface area (TPSA) is 55.8 Å². The molecule has 1 saturated heterocycles. The van der Waals surface area contributed by atoms with Crippen LogP contribution in [-0.2, 0) is 20.9 Å². The smallest absolute Gasteiger partial charge is 0.307 e. The van der Waals surface area contributed by atoms with Crippen molar-refractivity contribution in [3.63, 3.8) is 0 Å². The quantitative estimate of drug-likeness (QED) is 0.473. The Morgan fingerprint density at radius 2 is 1.90 bits per heavy atom. The van der Waals surface area contributed by atoms with E-state index < -0.39 is 23.6 Å². The van der Waals surface area contributed by atoms with Crippen molar-refractivity contribution in [2.24, 2.45) is 0 Å². The molecule has 1 atom stereocenters. The molecule has 8 heteroatoms. The maximum atomic E-state index is 13.9. The number of ether oxygens (including phenoxy) is 2. The van der Waals surface area contributed by atoms with Crippen LogP contribution in [0.25, 0.3) is 0 Å². The van der Waals surface area contributed by atoms with Crippen LogP contribution >= 0.6 is 11.6 Å². The maximum Gasteiger partial charge on any atom is 0.307 e. The lowest BCUT2D eigenvalue weighted by Crippen LogP contribution is -2.35. The van der Waals surface area contributed by atoms with E-state index in [9.17, 15) is 18.4 Å². The first-order valence-corrected chi connectivity index (χ1v) is 9.58. The fourth-order valence-corrected chi connectivity index (χ4v) is 3.30. The average molecular weight is 424 g/mol. The third-order valence-electron chi connectivity index (χ3n) is 4.66. The fraction of sp³-hybridized carbons (Fsp3) is 0.333. The van der Waals surface area contributed by atoms with Crippen LogP contribution in [0.3, 0.4) is 0 Å². The largest absolute Gasteiger partial charge is 0.490 e. The van der Waals surface area contributed by atoms with Gasteiger partial charge in [0.15, 0.2) is 11.6 Å². The molecule has 1 heterocycles. The van der Waals surface area contributed by atoms with Crippen molar-refractivity contribution in [1.29, 1.82) is 0 Å². The van der Waals surface area contributed by atoms with Gasteiger partial charge in [0.25, 0.3) is 0 Å². The third-order valence-corrected chi connectivity index (χ3v) is 4.91. The highest BCUT2D eigenvalue weighted by Gasteiger charge is 2.33. The Morgan fingerprint density at radius 1 is 1.14 bits per heavy atom. The summed E-state index contributed by atoms with van der Waals surface area (Å²) in [6.07, 6.45) is 0.713. The van der Waals surface area contributed by atoms with Crippen LogP contribution in [0.4, 0.5) is 8.78 Å². The van der Waals surface area contributed by atoms with Crippen molar-refractivity contribution >= 4 is 23.5 Å². The van der Waals surface area contributed by atoms with Gasteiger partial charge in [0, 0.05) is 29.6 Å². The minimum absolute atomic E-state index is 0.0103. The second-order valence-electron chi connectivity index (χ2n) is 6.65. The lowest BCUT2D eigenvalue weighted by molar-refractivity contribution is -0.146. The first kappa shape index (κ1) is 21.0. The predicted octanol–water partition coefficient (Wildman–Crippen LogP) is 4.12. The van der Waals surface area contributed by atoms with Crippen molar-refractivity contribution in [2.75, 3.05) is 13.2 Å². The Kier molecular flexibility index (Phi) is 7.04. The van der Waals surface area contributed by atoms with Crippen LogP contribution in [0.15, 0.2) is 42.5 Å². The minimum Gasteiger partial charge on any atom is -0.490 e. The van der Waals surface area contributed by atoms with E-state index in [-0.39, 0.29) is 44.1 Å². The number of rotatable bonds is 8. The second-order valence-corrected chi connectivity index (χ2v) is 7.09. The zero-order valence-electron chi connectivity index (χ0n) is 15.6. The molecule has 1 unspecified atom stereocenters. The molecule has 0 N–H and O–H groups in total. The Hall–Kier alpha value is -2.67. The van der Waals surface area contributed by atoms with Gasteiger partial charge >= 0.3 is 5.97 Å². The van der Waals surface area contributed by atoms with E-state index in [0.29, 0.717) is 17.2 Å². The number of likely N-dealkylation sites (tertiary alicyclic amines) is 1. The van der Waals surface area contributed by atoms with Crippen LogP contribution in [0, 0.1) is 11.6 Å². The van der Waals surface area contributed by atoms with Gasteiger partial charge in [0.1, 0.15) is 19.0 Å². The maximum absolute atomic E-state index is 13.9. The lowest BCUT2D eigenvalue weighted by Gasteiger charge is -2.24. The van der Waals surface area contributed by atoms with E-state index >= 15 is 0 Å². The Balaban J connectivity index is 1.47. The summed E-state index contributed by atoms with van der Waals surface area (Å²) in [4.78, 5) is 25.7. The molecule has 0 saturated carbocycles. The SMILES string of the molecule is O=C(CC1CCC(=O)N1Cc1cccc(F)c1F)OCCOc1ccc(Cl)cc1. The summed E-state index contributed by atoms with van der Waals surface area (Å²) in [6, 6.07) is 10.2. The number of nitrogens with zero attached hydrogens (tertiary/aromatic N) is 1. The first-order valence-electron chi connectivity index (χ1n) is 9.20. The number of esters is 1. The molecule has 3 rings (SSSR count). The van der Waals surface area contributed by atoms with Crippen LogP contribution < -0.4 is 4.74 Å². The molecule has 1 amide bonds. The Labute approximate surface area is 172 Å². The van der Waals surface area contributed by atoms with Crippen LogP contribution in [0.5, 0.6) is 5.75 Å². The van der Waals surface area contributed by atoms with E-state index in [4.69, 9.17) is 21.1 Å². The average Bonchev–Trinajstić information content (AvgIpc) is 3.03. The molecular weight excluding hydrogens is 404 g/mol. The van der Waals surface area contributed by atoms with Gasteiger partial charge in [0.2, 0.25) is 5.91 Å². The van der Waals surface area contributed by atoms with Gasteiger partial charge in [-0.15, -0.1) is 0 Å². The van der Waals surface area contributed by atoms with E-state index in [1.165, 1.54) is 17.0 Å². The monoisotopic (exact) mass is 423 g/mol. The van der Waals surface area contributed by atoms with E-state index in [1.807, 2.05) is 0 Å². The highest BCUT2D eigenvalue weighted by molar-refractivity contribution is 6.30. The van der Waals surface area contributed by atoms with Crippen molar-refractivity contribution in [3.05, 3.63) is 64.7 Å². The predicted molar refractivity (Wildman–Crippen MR) is 102 cm³/mol. The summed E-state index contributed by atoms with van der Waals surface area (Å²) in [5.41, 5.74) is 0.0787. The Morgan fingerprint density at radius 3 is 2.66 bits per heavy atom.